The number of aliphatic hydroxyl groups is 2. The Balaban J connectivity index is 0.000000175. The van der Waals surface area contributed by atoms with Crippen LogP contribution in [0.2, 0.25) is 18.5 Å². The number of hydrogen-bond donors (Lipinski definition) is 2. The van der Waals surface area contributed by atoms with E-state index in [1.807, 2.05) is 13.8 Å². The van der Waals surface area contributed by atoms with Gasteiger partial charge in [-0.15, -0.1) is 12.3 Å². The van der Waals surface area contributed by atoms with Crippen LogP contribution in [0, 0.1) is 123 Å². The predicted molar refractivity (Wildman–Crippen MR) is 265 cm³/mol. The molecule has 0 aromatic carbocycles. The van der Waals surface area contributed by atoms with Crippen molar-refractivity contribution in [1.29, 1.82) is 0 Å². The van der Waals surface area contributed by atoms with Crippen LogP contribution in [0.3, 0.4) is 0 Å². The lowest BCUT2D eigenvalue weighted by Gasteiger charge is -2.58. The van der Waals surface area contributed by atoms with Gasteiger partial charge in [-0.2, -0.15) is 0 Å². The number of rotatable bonds is 9. The van der Waals surface area contributed by atoms with Gasteiger partial charge in [-0.1, -0.05) is 119 Å². The van der Waals surface area contributed by atoms with E-state index in [0.717, 1.165) is 90.8 Å². The first-order chi connectivity index (χ1) is 29.8. The molecule has 0 aliphatic heterocycles. The molecule has 0 amide bonds. The molecule has 0 bridgehead atoms. The molecule has 0 saturated heterocycles. The highest BCUT2D eigenvalue weighted by Crippen LogP contribution is 2.70. The van der Waals surface area contributed by atoms with Gasteiger partial charge in [0.15, 0.2) is 6.71 Å². The number of aliphatic hydroxyl groups excluding tert-OH is 2. The maximum atomic E-state index is 10.3. The summed E-state index contributed by atoms with van der Waals surface area (Å²) in [7, 11) is 0. The molecule has 0 aromatic heterocycles. The molecule has 7 saturated carbocycles. The van der Waals surface area contributed by atoms with Crippen molar-refractivity contribution >= 4 is 6.71 Å². The molecule has 2 N–H and O–H groups in total. The molecule has 7 fully saturated rings. The molecule has 0 spiro atoms. The lowest BCUT2D eigenvalue weighted by Crippen LogP contribution is -2.51. The van der Waals surface area contributed by atoms with Crippen molar-refractivity contribution in [1.82, 2.24) is 0 Å². The summed E-state index contributed by atoms with van der Waals surface area (Å²) in [5.41, 5.74) is 4.84. The Morgan fingerprint density at radius 2 is 1.11 bits per heavy atom. The van der Waals surface area contributed by atoms with Crippen molar-refractivity contribution in [3.8, 4) is 12.3 Å². The number of allylic oxidation sites excluding steroid dienone is 2. The fraction of sp³-hybridized carbons (Fsp3) is 0.898. The number of terminal acetylenes is 1. The van der Waals surface area contributed by atoms with Crippen LogP contribution in [-0.2, 0) is 0 Å². The summed E-state index contributed by atoms with van der Waals surface area (Å²) in [6.45, 7) is 31.1. The second-order valence-electron chi connectivity index (χ2n) is 26.4. The summed E-state index contributed by atoms with van der Waals surface area (Å²) in [5.74, 6) is 13.0. The molecule has 9 rings (SSSR count). The van der Waals surface area contributed by atoms with Gasteiger partial charge in [-0.3, -0.25) is 0 Å². The van der Waals surface area contributed by atoms with Crippen molar-refractivity contribution in [2.45, 2.75) is 223 Å². The maximum Gasteiger partial charge on any atom is 0.158 e. The molecule has 0 radical (unpaired) electrons. The molecule has 2 nitrogen and oxygen atoms in total. The van der Waals surface area contributed by atoms with Crippen LogP contribution >= 0.6 is 0 Å². The van der Waals surface area contributed by atoms with E-state index in [-0.39, 0.29) is 23.9 Å². The van der Waals surface area contributed by atoms with Gasteiger partial charge < -0.3 is 10.2 Å². The third-order valence-electron chi connectivity index (χ3n) is 23.7. The molecule has 0 heterocycles. The average Bonchev–Trinajstić information content (AvgIpc) is 3.82. The monoisotopic (exact) mass is 851 g/mol. The summed E-state index contributed by atoms with van der Waals surface area (Å²) in [5, 5.41) is 20.5. The Morgan fingerprint density at radius 3 is 1.58 bits per heavy atom. The first-order valence-electron chi connectivity index (χ1n) is 28.0. The molecule has 4 unspecified atom stereocenters. The normalized spacial score (nSPS) is 48.7. The smallest absolute Gasteiger partial charge is 0.158 e. The van der Waals surface area contributed by atoms with E-state index >= 15 is 0 Å². The minimum Gasteiger partial charge on any atom is -0.393 e. The summed E-state index contributed by atoms with van der Waals surface area (Å²) < 4.78 is 17.1. The van der Waals surface area contributed by atoms with Crippen LogP contribution in [0.25, 0.3) is 0 Å². The van der Waals surface area contributed by atoms with Crippen LogP contribution in [0.5, 0.6) is 0 Å². The van der Waals surface area contributed by atoms with Crippen molar-refractivity contribution in [2.24, 2.45) is 110 Å². The van der Waals surface area contributed by atoms with Gasteiger partial charge in [0.1, 0.15) is 0 Å². The minimum absolute atomic E-state index is 0.000744. The van der Waals surface area contributed by atoms with Gasteiger partial charge in [0.2, 0.25) is 0 Å². The van der Waals surface area contributed by atoms with Crippen LogP contribution in [0.15, 0.2) is 23.3 Å². The number of hydrogen-bond acceptors (Lipinski definition) is 2. The molecule has 62 heavy (non-hydrogen) atoms. The highest BCUT2D eigenvalue weighted by atomic mass is 16.3. The fourth-order valence-corrected chi connectivity index (χ4v) is 19.2. The molecular formula is C59H97BO2. The van der Waals surface area contributed by atoms with Crippen LogP contribution in [0.1, 0.15) is 195 Å². The second kappa shape index (κ2) is 17.6. The van der Waals surface area contributed by atoms with Crippen LogP contribution < -0.4 is 0 Å². The van der Waals surface area contributed by atoms with Gasteiger partial charge in [0.05, 0.1) is 12.2 Å². The summed E-state index contributed by atoms with van der Waals surface area (Å²) in [6, 6.07) is 0. The van der Waals surface area contributed by atoms with Crippen LogP contribution in [0.4, 0.5) is 0 Å². The molecule has 0 aromatic rings. The van der Waals surface area contributed by atoms with Crippen molar-refractivity contribution in [3.05, 3.63) is 23.3 Å². The van der Waals surface area contributed by atoms with Gasteiger partial charge in [-0.05, 0) is 225 Å². The first kappa shape index (κ1) is 44.8. The Kier molecular flexibility index (Phi) is 12.7. The zero-order valence-electron chi connectivity index (χ0n) is 44.5. The molecule has 9 aliphatic carbocycles. The van der Waals surface area contributed by atoms with E-state index in [9.17, 15) is 10.2 Å². The maximum absolute atomic E-state index is 10.3. The zero-order chi connectivity index (χ0) is 46.7. The van der Waals surface area contributed by atoms with Crippen molar-refractivity contribution in [3.63, 3.8) is 0 Å². The standard InChI is InChI=1S/C30H49BO.C29H48O/c1-9-28(19(2)3)31(8)21(5)20(4)25-12-13-26-24-11-10-22-18-23(32)14-16-29(22,6)27(24)15-17-30(25,26)7;1-17(2)18(3)23-16-24(23)19(4)25-9-10-26-22-8-7-20-15-21(30)11-13-28(20,5)27(22)12-14-29(25,26)6/h1,10,19-21,23-28,32H,11-18H2,2-8H3;7,17-19,21-27,30H,8-16H2,1-6H3/t20-,21?,23+,24+,25-,26+,27+,28?,29+,30-;18-,19+,21-,22-,23?,24?,25+,26-,27-,28-,29+/m10/s1/i19D;17D. The van der Waals surface area contributed by atoms with E-state index in [1.165, 1.54) is 83.5 Å². The van der Waals surface area contributed by atoms with Gasteiger partial charge in [0.25, 0.3) is 0 Å². The largest absolute Gasteiger partial charge is 0.393 e. The fourth-order valence-electron chi connectivity index (χ4n) is 19.2. The third kappa shape index (κ3) is 7.86. The SMILES string of the molecule is [2H]C(C)(C)C(C#C)B(C)C(C)[C@@H](C)[C@H]1CC[C@H]2[C@@H]3CC=C4C[C@@H](O)CC[C@]4(C)[C@H]3CC[C@]12C.[2H]C(C)(C)[C@H](C)C1CC1[C@@H](C)[C@H]1CC[C@H]2[C@@H]3CC=C4C[C@@H](O)CC[C@]4(C)[C@H]3CC[C@]12C. The zero-order valence-corrected chi connectivity index (χ0v) is 42.5. The van der Waals surface area contributed by atoms with Gasteiger partial charge in [-0.25, -0.2) is 0 Å². The Labute approximate surface area is 387 Å². The molecule has 21 atom stereocenters. The molecular weight excluding hydrogens is 751 g/mol. The summed E-state index contributed by atoms with van der Waals surface area (Å²) >= 11 is 0. The summed E-state index contributed by atoms with van der Waals surface area (Å²) in [4.78, 5) is 0. The lowest BCUT2D eigenvalue weighted by atomic mass is 9.31. The minimum atomic E-state index is -0.586. The van der Waals surface area contributed by atoms with E-state index in [4.69, 9.17) is 9.16 Å². The second-order valence-corrected chi connectivity index (χ2v) is 26.4. The number of fused-ring (bicyclic) bond motifs is 10. The summed E-state index contributed by atoms with van der Waals surface area (Å²) in [6.07, 6.45) is 32.2. The highest BCUT2D eigenvalue weighted by molar-refractivity contribution is 6.61. The topological polar surface area (TPSA) is 40.5 Å². The van der Waals surface area contributed by atoms with E-state index < -0.39 is 5.89 Å². The van der Waals surface area contributed by atoms with Crippen LogP contribution in [-0.4, -0.2) is 29.1 Å². The average molecular weight is 851 g/mol. The Bertz CT molecular complexity index is 1800. The van der Waals surface area contributed by atoms with Crippen molar-refractivity contribution < 1.29 is 13.0 Å². The van der Waals surface area contributed by atoms with E-state index in [1.54, 1.807) is 11.1 Å². The Hall–Kier alpha value is -0.975. The predicted octanol–water partition coefficient (Wildman–Crippen LogP) is 15.2. The van der Waals surface area contributed by atoms with E-state index in [2.05, 4.69) is 94.1 Å². The van der Waals surface area contributed by atoms with Gasteiger partial charge >= 0.3 is 0 Å². The van der Waals surface area contributed by atoms with Crippen molar-refractivity contribution in [2.75, 3.05) is 0 Å². The third-order valence-corrected chi connectivity index (χ3v) is 23.7. The molecule has 348 valence electrons. The van der Waals surface area contributed by atoms with Gasteiger partial charge in [0, 0.05) is 2.74 Å². The first-order valence-corrected chi connectivity index (χ1v) is 27.0. The van der Waals surface area contributed by atoms with E-state index in [0.29, 0.717) is 46.0 Å². The molecule has 3 heteroatoms. The quantitative estimate of drug-likeness (QED) is 0.138. The lowest BCUT2D eigenvalue weighted by molar-refractivity contribution is -0.0586. The Morgan fingerprint density at radius 1 is 0.629 bits per heavy atom. The highest BCUT2D eigenvalue weighted by Gasteiger charge is 2.62. The molecule has 9 aliphatic rings.